The number of nitrogens with one attached hydrogen (secondary N) is 1. The van der Waals surface area contributed by atoms with Crippen LogP contribution >= 0.6 is 0 Å². The summed E-state index contributed by atoms with van der Waals surface area (Å²) in [4.78, 5) is 12.9. The molecular weight excluding hydrogens is 374 g/mol. The van der Waals surface area contributed by atoms with Crippen molar-refractivity contribution in [1.29, 1.82) is 0 Å². The highest BCUT2D eigenvalue weighted by Crippen LogP contribution is 2.20. The van der Waals surface area contributed by atoms with Crippen molar-refractivity contribution in [2.75, 3.05) is 20.3 Å². The van der Waals surface area contributed by atoms with Crippen LogP contribution in [0, 0.1) is 0 Å². The van der Waals surface area contributed by atoms with Crippen LogP contribution in [0.1, 0.15) is 23.6 Å². The molecule has 3 aromatic carbocycles. The second-order valence-corrected chi connectivity index (χ2v) is 6.80. The first-order chi connectivity index (χ1) is 14.7. The third kappa shape index (κ3) is 5.98. The molecule has 0 aliphatic rings. The number of aryl methyl sites for hydroxylation is 1. The first-order valence-corrected chi connectivity index (χ1v) is 10.1. The number of benzene rings is 3. The maximum absolute atomic E-state index is 12.9. The van der Waals surface area contributed by atoms with Crippen LogP contribution in [0.5, 0.6) is 11.5 Å². The second kappa shape index (κ2) is 10.9. The van der Waals surface area contributed by atoms with Gasteiger partial charge in [0.25, 0.3) is 5.91 Å². The Hall–Kier alpha value is -3.53. The monoisotopic (exact) mass is 401 g/mol. The van der Waals surface area contributed by atoms with Crippen molar-refractivity contribution in [2.45, 2.75) is 13.3 Å². The number of carbonyl (C=O) groups excluding carboxylic acids is 1. The first-order valence-electron chi connectivity index (χ1n) is 10.1. The van der Waals surface area contributed by atoms with Gasteiger partial charge >= 0.3 is 0 Å². The van der Waals surface area contributed by atoms with Crippen LogP contribution in [0.2, 0.25) is 0 Å². The lowest BCUT2D eigenvalue weighted by molar-refractivity contribution is -0.115. The standard InChI is InChI=1S/C26H27NO3/c1-3-20-9-15-24(16-10-20)30-18-17-27-26(28)25(22-7-5-4-6-8-22)19-21-11-13-23(29-2)14-12-21/h4-16,19H,3,17-18H2,1-2H3,(H,27,28)/b25-19+. The predicted octanol–water partition coefficient (Wildman–Crippen LogP) is 4.99. The van der Waals surface area contributed by atoms with Gasteiger partial charge in [0.2, 0.25) is 0 Å². The topological polar surface area (TPSA) is 47.6 Å². The van der Waals surface area contributed by atoms with E-state index in [1.807, 2.05) is 72.8 Å². The molecule has 0 radical (unpaired) electrons. The SMILES string of the molecule is CCc1ccc(OCCNC(=O)/C(=C/c2ccc(OC)cc2)c2ccccc2)cc1. The van der Waals surface area contributed by atoms with Crippen molar-refractivity contribution in [3.8, 4) is 11.5 Å². The first kappa shape index (κ1) is 21.2. The van der Waals surface area contributed by atoms with Gasteiger partial charge in [-0.3, -0.25) is 4.79 Å². The predicted molar refractivity (Wildman–Crippen MR) is 122 cm³/mol. The van der Waals surface area contributed by atoms with Crippen molar-refractivity contribution < 1.29 is 14.3 Å². The summed E-state index contributed by atoms with van der Waals surface area (Å²) >= 11 is 0. The third-order valence-electron chi connectivity index (χ3n) is 4.74. The van der Waals surface area contributed by atoms with Gasteiger partial charge in [-0.2, -0.15) is 0 Å². The summed E-state index contributed by atoms with van der Waals surface area (Å²) in [7, 11) is 1.63. The second-order valence-electron chi connectivity index (χ2n) is 6.80. The van der Waals surface area contributed by atoms with Gasteiger partial charge in [0.05, 0.1) is 13.7 Å². The smallest absolute Gasteiger partial charge is 0.252 e. The van der Waals surface area contributed by atoms with Crippen molar-refractivity contribution in [1.82, 2.24) is 5.32 Å². The minimum Gasteiger partial charge on any atom is -0.497 e. The number of hydrogen-bond acceptors (Lipinski definition) is 3. The molecule has 0 fully saturated rings. The molecule has 30 heavy (non-hydrogen) atoms. The Morgan fingerprint density at radius 2 is 1.57 bits per heavy atom. The molecule has 1 amide bonds. The molecule has 4 heteroatoms. The highest BCUT2D eigenvalue weighted by atomic mass is 16.5. The normalized spacial score (nSPS) is 11.1. The van der Waals surface area contributed by atoms with Gasteiger partial charge < -0.3 is 14.8 Å². The average molecular weight is 402 g/mol. The number of hydrogen-bond donors (Lipinski definition) is 1. The maximum atomic E-state index is 12.9. The van der Waals surface area contributed by atoms with E-state index >= 15 is 0 Å². The highest BCUT2D eigenvalue weighted by molar-refractivity contribution is 6.24. The molecule has 0 bridgehead atoms. The molecule has 0 unspecified atom stereocenters. The van der Waals surface area contributed by atoms with E-state index in [0.717, 1.165) is 29.0 Å². The molecule has 1 N–H and O–H groups in total. The maximum Gasteiger partial charge on any atom is 0.252 e. The van der Waals surface area contributed by atoms with Gasteiger partial charge in [0.1, 0.15) is 18.1 Å². The van der Waals surface area contributed by atoms with Crippen LogP contribution in [-0.4, -0.2) is 26.2 Å². The van der Waals surface area contributed by atoms with E-state index < -0.39 is 0 Å². The number of rotatable bonds is 9. The van der Waals surface area contributed by atoms with E-state index in [1.165, 1.54) is 5.56 Å². The Morgan fingerprint density at radius 1 is 0.900 bits per heavy atom. The van der Waals surface area contributed by atoms with Crippen LogP contribution in [-0.2, 0) is 11.2 Å². The lowest BCUT2D eigenvalue weighted by atomic mass is 10.0. The molecule has 154 valence electrons. The Bertz CT molecular complexity index is 961. The van der Waals surface area contributed by atoms with E-state index in [9.17, 15) is 4.79 Å². The quantitative estimate of drug-likeness (QED) is 0.312. The Labute approximate surface area is 178 Å². The summed E-state index contributed by atoms with van der Waals surface area (Å²) in [5.41, 5.74) is 3.67. The molecule has 0 heterocycles. The number of amides is 1. The van der Waals surface area contributed by atoms with Gasteiger partial charge in [-0.15, -0.1) is 0 Å². The molecule has 3 rings (SSSR count). The van der Waals surface area contributed by atoms with Crippen LogP contribution in [0.4, 0.5) is 0 Å². The van der Waals surface area contributed by atoms with Crippen molar-refractivity contribution in [3.63, 3.8) is 0 Å². The van der Waals surface area contributed by atoms with Gasteiger partial charge in [0.15, 0.2) is 0 Å². The van der Waals surface area contributed by atoms with Gasteiger partial charge in [-0.1, -0.05) is 61.5 Å². The van der Waals surface area contributed by atoms with Gasteiger partial charge in [-0.25, -0.2) is 0 Å². The molecular formula is C26H27NO3. The van der Waals surface area contributed by atoms with Crippen LogP contribution in [0.25, 0.3) is 11.6 Å². The number of methoxy groups -OCH3 is 1. The minimum atomic E-state index is -0.137. The number of ether oxygens (including phenoxy) is 2. The van der Waals surface area contributed by atoms with E-state index in [4.69, 9.17) is 9.47 Å². The van der Waals surface area contributed by atoms with Gasteiger partial charge in [-0.05, 0) is 53.5 Å². The largest absolute Gasteiger partial charge is 0.497 e. The van der Waals surface area contributed by atoms with E-state index in [1.54, 1.807) is 7.11 Å². The fourth-order valence-electron chi connectivity index (χ4n) is 3.01. The van der Waals surface area contributed by atoms with Crippen molar-refractivity contribution in [2.24, 2.45) is 0 Å². The summed E-state index contributed by atoms with van der Waals surface area (Å²) in [6.45, 7) is 2.94. The van der Waals surface area contributed by atoms with E-state index in [0.29, 0.717) is 18.7 Å². The van der Waals surface area contributed by atoms with Crippen molar-refractivity contribution in [3.05, 3.63) is 95.6 Å². The van der Waals surface area contributed by atoms with Gasteiger partial charge in [0, 0.05) is 5.57 Å². The zero-order valence-corrected chi connectivity index (χ0v) is 17.4. The third-order valence-corrected chi connectivity index (χ3v) is 4.74. The molecule has 0 aromatic heterocycles. The highest BCUT2D eigenvalue weighted by Gasteiger charge is 2.12. The van der Waals surface area contributed by atoms with E-state index in [-0.39, 0.29) is 5.91 Å². The van der Waals surface area contributed by atoms with Crippen LogP contribution < -0.4 is 14.8 Å². The molecule has 3 aromatic rings. The Balaban J connectivity index is 1.65. The van der Waals surface area contributed by atoms with Crippen LogP contribution in [0.15, 0.2) is 78.9 Å². The Kier molecular flexibility index (Phi) is 7.67. The average Bonchev–Trinajstić information content (AvgIpc) is 2.81. The summed E-state index contributed by atoms with van der Waals surface area (Å²) in [6, 6.07) is 25.3. The van der Waals surface area contributed by atoms with Crippen LogP contribution in [0.3, 0.4) is 0 Å². The summed E-state index contributed by atoms with van der Waals surface area (Å²) < 4.78 is 10.9. The lowest BCUT2D eigenvalue weighted by Crippen LogP contribution is -2.28. The zero-order chi connectivity index (χ0) is 21.2. The zero-order valence-electron chi connectivity index (χ0n) is 17.4. The molecule has 0 atom stereocenters. The lowest BCUT2D eigenvalue weighted by Gasteiger charge is -2.11. The minimum absolute atomic E-state index is 0.137. The molecule has 0 saturated carbocycles. The Morgan fingerprint density at radius 3 is 2.20 bits per heavy atom. The number of carbonyl (C=O) groups is 1. The van der Waals surface area contributed by atoms with E-state index in [2.05, 4.69) is 24.4 Å². The van der Waals surface area contributed by atoms with Crippen molar-refractivity contribution >= 4 is 17.6 Å². The summed E-state index contributed by atoms with van der Waals surface area (Å²) in [5.74, 6) is 1.45. The summed E-state index contributed by atoms with van der Waals surface area (Å²) in [6.07, 6.45) is 2.88. The molecule has 0 aliphatic heterocycles. The molecule has 4 nitrogen and oxygen atoms in total. The summed E-state index contributed by atoms with van der Waals surface area (Å²) in [5, 5.41) is 2.96. The molecule has 0 saturated heterocycles. The molecule has 0 spiro atoms. The fraction of sp³-hybridized carbons (Fsp3) is 0.192. The molecule has 0 aliphatic carbocycles. The fourth-order valence-corrected chi connectivity index (χ4v) is 3.01.